The maximum Gasteiger partial charge on any atom is 0.339 e. The summed E-state index contributed by atoms with van der Waals surface area (Å²) in [4.78, 5) is 17.3. The Morgan fingerprint density at radius 1 is 1.71 bits per heavy atom. The average molecular weight is 236 g/mol. The number of nitrogens with zero attached hydrogens (tertiary/aromatic N) is 2. The fourth-order valence-electron chi connectivity index (χ4n) is 2.21. The zero-order chi connectivity index (χ0) is 12.3. The second kappa shape index (κ2) is 5.14. The average Bonchev–Trinajstić information content (AvgIpc) is 2.78. The number of aromatic nitrogens is 1. The third kappa shape index (κ3) is 2.55. The van der Waals surface area contributed by atoms with E-state index in [9.17, 15) is 4.79 Å². The van der Waals surface area contributed by atoms with Crippen LogP contribution in [0.2, 0.25) is 0 Å². The number of hydrogen-bond donors (Lipinski definition) is 1. The van der Waals surface area contributed by atoms with Crippen LogP contribution >= 0.6 is 0 Å². The van der Waals surface area contributed by atoms with Crippen molar-refractivity contribution in [3.05, 3.63) is 23.9 Å². The van der Waals surface area contributed by atoms with Gasteiger partial charge in [-0.25, -0.2) is 9.78 Å². The molecule has 1 aliphatic heterocycles. The van der Waals surface area contributed by atoms with Crippen molar-refractivity contribution in [2.75, 3.05) is 31.7 Å². The summed E-state index contributed by atoms with van der Waals surface area (Å²) in [6.45, 7) is 2.36. The quantitative estimate of drug-likeness (QED) is 0.852. The SMILES string of the molecule is COCC1CCN(c2ncccc2C(=O)O)C1. The van der Waals surface area contributed by atoms with Crippen LogP contribution in [0.4, 0.5) is 5.82 Å². The molecule has 5 heteroatoms. The van der Waals surface area contributed by atoms with Gasteiger partial charge in [0.05, 0.1) is 6.61 Å². The number of methoxy groups -OCH3 is 1. The Bertz CT molecular complexity index is 408. The Labute approximate surface area is 100 Å². The molecular formula is C12H16N2O3. The van der Waals surface area contributed by atoms with Crippen LogP contribution in [0.25, 0.3) is 0 Å². The van der Waals surface area contributed by atoms with Gasteiger partial charge in [0.1, 0.15) is 11.4 Å². The zero-order valence-electron chi connectivity index (χ0n) is 9.80. The van der Waals surface area contributed by atoms with Crippen LogP contribution < -0.4 is 4.90 Å². The molecule has 1 saturated heterocycles. The van der Waals surface area contributed by atoms with Gasteiger partial charge < -0.3 is 14.7 Å². The molecule has 0 aromatic carbocycles. The number of anilines is 1. The minimum Gasteiger partial charge on any atom is -0.478 e. The summed E-state index contributed by atoms with van der Waals surface area (Å²) in [5.41, 5.74) is 0.269. The van der Waals surface area contributed by atoms with Crippen LogP contribution in [0.5, 0.6) is 0 Å². The maximum atomic E-state index is 11.1. The smallest absolute Gasteiger partial charge is 0.339 e. The zero-order valence-corrected chi connectivity index (χ0v) is 9.80. The predicted octanol–water partition coefficient (Wildman–Crippen LogP) is 1.25. The van der Waals surface area contributed by atoms with E-state index in [4.69, 9.17) is 9.84 Å². The van der Waals surface area contributed by atoms with Crippen molar-refractivity contribution in [2.45, 2.75) is 6.42 Å². The molecule has 1 N–H and O–H groups in total. The normalized spacial score (nSPS) is 19.6. The predicted molar refractivity (Wildman–Crippen MR) is 63.4 cm³/mol. The number of rotatable bonds is 4. The highest BCUT2D eigenvalue weighted by molar-refractivity contribution is 5.93. The fourth-order valence-corrected chi connectivity index (χ4v) is 2.21. The molecule has 1 aromatic rings. The Morgan fingerprint density at radius 2 is 2.53 bits per heavy atom. The van der Waals surface area contributed by atoms with Crippen LogP contribution in [0.1, 0.15) is 16.8 Å². The Kier molecular flexibility index (Phi) is 3.58. The topological polar surface area (TPSA) is 62.7 Å². The van der Waals surface area contributed by atoms with E-state index in [0.717, 1.165) is 19.5 Å². The molecule has 1 aromatic heterocycles. The molecule has 0 bridgehead atoms. The van der Waals surface area contributed by atoms with Crippen LogP contribution in [-0.2, 0) is 4.74 Å². The summed E-state index contributed by atoms with van der Waals surface area (Å²) in [5.74, 6) is 0.102. The first-order chi connectivity index (χ1) is 8.22. The van der Waals surface area contributed by atoms with Gasteiger partial charge in [0.25, 0.3) is 0 Å². The molecular weight excluding hydrogens is 220 g/mol. The first-order valence-corrected chi connectivity index (χ1v) is 5.64. The summed E-state index contributed by atoms with van der Waals surface area (Å²) >= 11 is 0. The molecule has 0 spiro atoms. The van der Waals surface area contributed by atoms with E-state index in [2.05, 4.69) is 4.98 Å². The van der Waals surface area contributed by atoms with Gasteiger partial charge in [0, 0.05) is 32.3 Å². The summed E-state index contributed by atoms with van der Waals surface area (Å²) in [6.07, 6.45) is 2.65. The van der Waals surface area contributed by atoms with Gasteiger partial charge in [0.15, 0.2) is 0 Å². The lowest BCUT2D eigenvalue weighted by molar-refractivity contribution is 0.0697. The molecule has 0 amide bonds. The number of aromatic carboxylic acids is 1. The molecule has 2 heterocycles. The van der Waals surface area contributed by atoms with Gasteiger partial charge >= 0.3 is 5.97 Å². The molecule has 0 radical (unpaired) electrons. The lowest BCUT2D eigenvalue weighted by Crippen LogP contribution is -2.24. The lowest BCUT2D eigenvalue weighted by Gasteiger charge is -2.19. The fraction of sp³-hybridized carbons (Fsp3) is 0.500. The first-order valence-electron chi connectivity index (χ1n) is 5.64. The number of carboxylic acids is 1. The van der Waals surface area contributed by atoms with Gasteiger partial charge in [-0.1, -0.05) is 0 Å². The summed E-state index contributed by atoms with van der Waals surface area (Å²) in [5, 5.41) is 9.10. The molecule has 1 unspecified atom stereocenters. The van der Waals surface area contributed by atoms with Crippen LogP contribution in [0, 0.1) is 5.92 Å². The van der Waals surface area contributed by atoms with Crippen LogP contribution in [0.15, 0.2) is 18.3 Å². The van der Waals surface area contributed by atoms with E-state index in [1.54, 1.807) is 25.4 Å². The van der Waals surface area contributed by atoms with Gasteiger partial charge in [-0.15, -0.1) is 0 Å². The summed E-state index contributed by atoms with van der Waals surface area (Å²) in [6, 6.07) is 3.24. The van der Waals surface area contributed by atoms with Crippen molar-refractivity contribution in [3.8, 4) is 0 Å². The number of hydrogen-bond acceptors (Lipinski definition) is 4. The minimum atomic E-state index is -0.928. The van der Waals surface area contributed by atoms with E-state index in [1.807, 2.05) is 4.90 Å². The molecule has 0 saturated carbocycles. The third-order valence-electron chi connectivity index (χ3n) is 3.00. The second-order valence-electron chi connectivity index (χ2n) is 4.24. The van der Waals surface area contributed by atoms with Gasteiger partial charge in [-0.2, -0.15) is 0 Å². The first kappa shape index (κ1) is 11.9. The number of carboxylic acid groups (broad SMARTS) is 1. The highest BCUT2D eigenvalue weighted by atomic mass is 16.5. The van der Waals surface area contributed by atoms with E-state index in [1.165, 1.54) is 0 Å². The lowest BCUT2D eigenvalue weighted by atomic mass is 10.1. The third-order valence-corrected chi connectivity index (χ3v) is 3.00. The molecule has 92 valence electrons. The molecule has 17 heavy (non-hydrogen) atoms. The van der Waals surface area contributed by atoms with E-state index in [0.29, 0.717) is 18.3 Å². The molecule has 5 nitrogen and oxygen atoms in total. The second-order valence-corrected chi connectivity index (χ2v) is 4.24. The van der Waals surface area contributed by atoms with Crippen molar-refractivity contribution in [1.29, 1.82) is 0 Å². The van der Waals surface area contributed by atoms with Crippen molar-refractivity contribution in [3.63, 3.8) is 0 Å². The van der Waals surface area contributed by atoms with Gasteiger partial charge in [0.2, 0.25) is 0 Å². The summed E-state index contributed by atoms with van der Waals surface area (Å²) < 4.78 is 5.12. The van der Waals surface area contributed by atoms with Gasteiger partial charge in [-0.05, 0) is 18.6 Å². The van der Waals surface area contributed by atoms with E-state index >= 15 is 0 Å². The van der Waals surface area contributed by atoms with Gasteiger partial charge in [-0.3, -0.25) is 0 Å². The molecule has 1 atom stereocenters. The Balaban J connectivity index is 2.16. The summed E-state index contributed by atoms with van der Waals surface area (Å²) in [7, 11) is 1.69. The largest absolute Gasteiger partial charge is 0.478 e. The molecule has 0 aliphatic carbocycles. The van der Waals surface area contributed by atoms with Crippen LogP contribution in [0.3, 0.4) is 0 Å². The maximum absolute atomic E-state index is 11.1. The van der Waals surface area contributed by atoms with Crippen molar-refractivity contribution >= 4 is 11.8 Å². The monoisotopic (exact) mass is 236 g/mol. The molecule has 1 aliphatic rings. The van der Waals surface area contributed by atoms with Crippen molar-refractivity contribution < 1.29 is 14.6 Å². The minimum absolute atomic E-state index is 0.269. The standard InChI is InChI=1S/C12H16N2O3/c1-17-8-9-4-6-14(7-9)11-10(12(15)16)3-2-5-13-11/h2-3,5,9H,4,6-8H2,1H3,(H,15,16). The Hall–Kier alpha value is -1.62. The van der Waals surface area contributed by atoms with Crippen molar-refractivity contribution in [1.82, 2.24) is 4.98 Å². The highest BCUT2D eigenvalue weighted by Gasteiger charge is 2.26. The van der Waals surface area contributed by atoms with Crippen LogP contribution in [-0.4, -0.2) is 42.9 Å². The van der Waals surface area contributed by atoms with E-state index < -0.39 is 5.97 Å². The number of carbonyl (C=O) groups is 1. The Morgan fingerprint density at radius 3 is 3.24 bits per heavy atom. The molecule has 1 fully saturated rings. The molecule has 2 rings (SSSR count). The highest BCUT2D eigenvalue weighted by Crippen LogP contribution is 2.25. The van der Waals surface area contributed by atoms with Crippen molar-refractivity contribution in [2.24, 2.45) is 5.92 Å². The van der Waals surface area contributed by atoms with E-state index in [-0.39, 0.29) is 5.56 Å². The number of ether oxygens (including phenoxy) is 1. The number of pyridine rings is 1.